The lowest BCUT2D eigenvalue weighted by atomic mass is 10.3. The molecular formula is C17H17N3O4S. The summed E-state index contributed by atoms with van der Waals surface area (Å²) in [5.41, 5.74) is 0.755. The summed E-state index contributed by atoms with van der Waals surface area (Å²) >= 11 is 0. The second-order valence-electron chi connectivity index (χ2n) is 5.82. The van der Waals surface area contributed by atoms with E-state index in [1.54, 1.807) is 30.1 Å². The Morgan fingerprint density at radius 1 is 1.08 bits per heavy atom. The van der Waals surface area contributed by atoms with Crippen LogP contribution in [0.4, 0.5) is 5.69 Å². The number of nitrogens with one attached hydrogen (secondary N) is 1. The van der Waals surface area contributed by atoms with Gasteiger partial charge in [0.15, 0.2) is 9.84 Å². The normalized spacial score (nSPS) is 11.6. The van der Waals surface area contributed by atoms with Gasteiger partial charge in [0.1, 0.15) is 12.1 Å². The number of rotatable bonds is 4. The van der Waals surface area contributed by atoms with Gasteiger partial charge in [-0.3, -0.25) is 9.59 Å². The first-order chi connectivity index (χ1) is 11.8. The van der Waals surface area contributed by atoms with Crippen LogP contribution in [0.5, 0.6) is 0 Å². The van der Waals surface area contributed by atoms with Crippen molar-refractivity contribution in [2.45, 2.75) is 11.4 Å². The number of carbonyl (C=O) groups is 1. The molecule has 0 aliphatic carbocycles. The SMILES string of the molecule is Cn1ccc2ccn(CC(=O)Nc3ccc(S(C)(=O)=O)cc3)c(=O)c21. The van der Waals surface area contributed by atoms with Crippen molar-refractivity contribution in [2.75, 3.05) is 11.6 Å². The van der Waals surface area contributed by atoms with Crippen LogP contribution < -0.4 is 10.9 Å². The molecule has 25 heavy (non-hydrogen) atoms. The maximum atomic E-state index is 12.4. The molecule has 0 saturated heterocycles. The molecule has 7 nitrogen and oxygen atoms in total. The van der Waals surface area contributed by atoms with E-state index in [-0.39, 0.29) is 22.9 Å². The summed E-state index contributed by atoms with van der Waals surface area (Å²) in [4.78, 5) is 24.8. The predicted molar refractivity (Wildman–Crippen MR) is 95.4 cm³/mol. The zero-order chi connectivity index (χ0) is 18.2. The summed E-state index contributed by atoms with van der Waals surface area (Å²) in [6.45, 7) is -0.131. The van der Waals surface area contributed by atoms with Crippen LogP contribution in [0.1, 0.15) is 0 Å². The lowest BCUT2D eigenvalue weighted by molar-refractivity contribution is -0.116. The number of amides is 1. The minimum atomic E-state index is -3.28. The van der Waals surface area contributed by atoms with Crippen molar-refractivity contribution in [1.29, 1.82) is 0 Å². The Hall–Kier alpha value is -2.87. The van der Waals surface area contributed by atoms with Gasteiger partial charge in [0.05, 0.1) is 4.90 Å². The van der Waals surface area contributed by atoms with Gasteiger partial charge in [-0.1, -0.05) is 0 Å². The van der Waals surface area contributed by atoms with E-state index in [1.165, 1.54) is 28.8 Å². The van der Waals surface area contributed by atoms with Gasteiger partial charge >= 0.3 is 0 Å². The van der Waals surface area contributed by atoms with Crippen LogP contribution in [0.25, 0.3) is 10.9 Å². The summed E-state index contributed by atoms with van der Waals surface area (Å²) < 4.78 is 25.9. The lowest BCUT2D eigenvalue weighted by Gasteiger charge is -2.08. The lowest BCUT2D eigenvalue weighted by Crippen LogP contribution is -2.27. The summed E-state index contributed by atoms with van der Waals surface area (Å²) in [6, 6.07) is 9.49. The number of aromatic nitrogens is 2. The highest BCUT2D eigenvalue weighted by atomic mass is 32.2. The highest BCUT2D eigenvalue weighted by molar-refractivity contribution is 7.90. The first-order valence-electron chi connectivity index (χ1n) is 7.50. The van der Waals surface area contributed by atoms with Gasteiger partial charge < -0.3 is 14.5 Å². The molecule has 1 amide bonds. The van der Waals surface area contributed by atoms with Crippen molar-refractivity contribution in [2.24, 2.45) is 7.05 Å². The standard InChI is InChI=1S/C17H17N3O4S/c1-19-9-7-12-8-10-20(17(22)16(12)19)11-15(21)18-13-3-5-14(6-4-13)25(2,23)24/h3-10H,11H2,1-2H3,(H,18,21). The van der Waals surface area contributed by atoms with E-state index >= 15 is 0 Å². The number of fused-ring (bicyclic) bond motifs is 1. The number of hydrogen-bond donors (Lipinski definition) is 1. The molecule has 0 spiro atoms. The molecule has 0 atom stereocenters. The van der Waals surface area contributed by atoms with Crippen LogP contribution in [0.3, 0.4) is 0 Å². The van der Waals surface area contributed by atoms with Crippen molar-refractivity contribution in [3.05, 3.63) is 59.1 Å². The van der Waals surface area contributed by atoms with Crippen LogP contribution in [-0.2, 0) is 28.2 Å². The number of nitrogens with zero attached hydrogens (tertiary/aromatic N) is 2. The molecule has 0 fully saturated rings. The quantitative estimate of drug-likeness (QED) is 0.762. The Kier molecular flexibility index (Phi) is 4.22. The molecule has 0 unspecified atom stereocenters. The fourth-order valence-electron chi connectivity index (χ4n) is 2.60. The highest BCUT2D eigenvalue weighted by Gasteiger charge is 2.11. The number of aryl methyl sites for hydroxylation is 1. The topological polar surface area (TPSA) is 90.2 Å². The van der Waals surface area contributed by atoms with Crippen molar-refractivity contribution in [3.63, 3.8) is 0 Å². The minimum absolute atomic E-state index is 0.131. The smallest absolute Gasteiger partial charge is 0.275 e. The average Bonchev–Trinajstić information content (AvgIpc) is 2.92. The molecule has 0 radical (unpaired) electrons. The zero-order valence-electron chi connectivity index (χ0n) is 13.8. The summed E-state index contributed by atoms with van der Waals surface area (Å²) in [7, 11) is -1.51. The van der Waals surface area contributed by atoms with E-state index in [9.17, 15) is 18.0 Å². The largest absolute Gasteiger partial charge is 0.346 e. The summed E-state index contributed by atoms with van der Waals surface area (Å²) in [6.07, 6.45) is 4.49. The van der Waals surface area contributed by atoms with Crippen molar-refractivity contribution in [1.82, 2.24) is 9.13 Å². The van der Waals surface area contributed by atoms with Gasteiger partial charge in [0.2, 0.25) is 5.91 Å². The molecule has 0 saturated carbocycles. The minimum Gasteiger partial charge on any atom is -0.346 e. The Balaban J connectivity index is 1.78. The molecule has 3 rings (SSSR count). The molecule has 0 aliphatic rings. The number of hydrogen-bond acceptors (Lipinski definition) is 4. The van der Waals surface area contributed by atoms with Crippen LogP contribution in [-0.4, -0.2) is 29.7 Å². The first kappa shape index (κ1) is 17.0. The fourth-order valence-corrected chi connectivity index (χ4v) is 3.23. The summed E-state index contributed by atoms with van der Waals surface area (Å²) in [5.74, 6) is -0.372. The van der Waals surface area contributed by atoms with E-state index in [1.807, 2.05) is 6.07 Å². The van der Waals surface area contributed by atoms with Crippen LogP contribution in [0, 0.1) is 0 Å². The average molecular weight is 359 g/mol. The van der Waals surface area contributed by atoms with Gasteiger partial charge in [-0.25, -0.2) is 8.42 Å². The Morgan fingerprint density at radius 3 is 2.36 bits per heavy atom. The van der Waals surface area contributed by atoms with Gasteiger partial charge in [-0.2, -0.15) is 0 Å². The molecule has 1 N–H and O–H groups in total. The van der Waals surface area contributed by atoms with Crippen LogP contribution in [0.15, 0.2) is 58.5 Å². The van der Waals surface area contributed by atoms with Crippen LogP contribution in [0.2, 0.25) is 0 Å². The Morgan fingerprint density at radius 2 is 1.72 bits per heavy atom. The molecular weight excluding hydrogens is 342 g/mol. The molecule has 1 aromatic carbocycles. The van der Waals surface area contributed by atoms with Crippen molar-refractivity contribution >= 4 is 32.3 Å². The Labute approximate surface area is 144 Å². The number of carbonyl (C=O) groups excluding carboxylic acids is 1. The predicted octanol–water partition coefficient (Wildman–Crippen LogP) is 1.38. The number of sulfone groups is 1. The van der Waals surface area contributed by atoms with Crippen molar-refractivity contribution < 1.29 is 13.2 Å². The maximum absolute atomic E-state index is 12.4. The third-order valence-corrected chi connectivity index (χ3v) is 5.01. The molecule has 2 aromatic heterocycles. The summed E-state index contributed by atoms with van der Waals surface area (Å²) in [5, 5.41) is 3.47. The third-order valence-electron chi connectivity index (χ3n) is 3.88. The van der Waals surface area contributed by atoms with E-state index < -0.39 is 9.84 Å². The van der Waals surface area contributed by atoms with Crippen molar-refractivity contribution in [3.8, 4) is 0 Å². The van der Waals surface area contributed by atoms with Gasteiger partial charge in [0, 0.05) is 36.8 Å². The molecule has 8 heteroatoms. The first-order valence-corrected chi connectivity index (χ1v) is 9.39. The van der Waals surface area contributed by atoms with Gasteiger partial charge in [-0.05, 0) is 36.4 Å². The van der Waals surface area contributed by atoms with Gasteiger partial charge in [0.25, 0.3) is 5.56 Å². The second kappa shape index (κ2) is 6.21. The van der Waals surface area contributed by atoms with E-state index in [0.29, 0.717) is 11.2 Å². The zero-order valence-corrected chi connectivity index (χ0v) is 14.6. The second-order valence-corrected chi connectivity index (χ2v) is 7.84. The third kappa shape index (κ3) is 3.48. The monoisotopic (exact) mass is 359 g/mol. The maximum Gasteiger partial charge on any atom is 0.275 e. The number of pyridine rings is 1. The van der Waals surface area contributed by atoms with Gasteiger partial charge in [-0.15, -0.1) is 0 Å². The van der Waals surface area contributed by atoms with E-state index in [4.69, 9.17) is 0 Å². The molecule has 0 bridgehead atoms. The highest BCUT2D eigenvalue weighted by Crippen LogP contribution is 2.14. The molecule has 130 valence electrons. The molecule has 2 heterocycles. The number of anilines is 1. The molecule has 0 aliphatic heterocycles. The number of benzene rings is 1. The van der Waals surface area contributed by atoms with E-state index in [0.717, 1.165) is 11.6 Å². The fraction of sp³-hybridized carbons (Fsp3) is 0.176. The van der Waals surface area contributed by atoms with Crippen LogP contribution >= 0.6 is 0 Å². The Bertz CT molecular complexity index is 1110. The van der Waals surface area contributed by atoms with E-state index in [2.05, 4.69) is 5.32 Å². The molecule has 3 aromatic rings.